The lowest BCUT2D eigenvalue weighted by atomic mass is 10.1. The molecule has 0 spiro atoms. The Hall–Kier alpha value is -1.60. The van der Waals surface area contributed by atoms with Crippen LogP contribution in [0.3, 0.4) is 0 Å². The molecule has 1 unspecified atom stereocenters. The maximum Gasteiger partial charge on any atom is 0.343 e. The van der Waals surface area contributed by atoms with E-state index in [1.165, 1.54) is 22.4 Å². The Bertz CT molecular complexity index is 635. The molecule has 7 heteroatoms. The molecule has 1 aromatic carbocycles. The van der Waals surface area contributed by atoms with Gasteiger partial charge in [-0.1, -0.05) is 6.07 Å². The molecule has 0 saturated carbocycles. The van der Waals surface area contributed by atoms with Crippen molar-refractivity contribution in [2.24, 2.45) is 5.73 Å². The first kappa shape index (κ1) is 13.8. The van der Waals surface area contributed by atoms with Gasteiger partial charge in [-0.3, -0.25) is 4.57 Å². The Morgan fingerprint density at radius 2 is 2.32 bits per heavy atom. The smallest absolute Gasteiger partial charge is 0.324 e. The van der Waals surface area contributed by atoms with Crippen molar-refractivity contribution in [2.45, 2.75) is 36.5 Å². The van der Waals surface area contributed by atoms with Gasteiger partial charge in [-0.25, -0.2) is 14.3 Å². The van der Waals surface area contributed by atoms with Gasteiger partial charge >= 0.3 is 5.69 Å². The standard InChI is InChI=1S/C12H15FN4OS/c1-3-17-11(18)15-16-12(17)19-9-6-4-5-8(13)10(9)7(2)14/h4-7H,3,14H2,1-2H3,(H,15,18). The third kappa shape index (κ3) is 2.71. The Morgan fingerprint density at radius 1 is 1.58 bits per heavy atom. The summed E-state index contributed by atoms with van der Waals surface area (Å²) in [5.74, 6) is -0.346. The fourth-order valence-electron chi connectivity index (χ4n) is 1.81. The summed E-state index contributed by atoms with van der Waals surface area (Å²) in [6.45, 7) is 4.07. The molecule has 0 fully saturated rings. The van der Waals surface area contributed by atoms with Gasteiger partial charge in [-0.05, 0) is 37.7 Å². The molecule has 2 rings (SSSR count). The van der Waals surface area contributed by atoms with Crippen LogP contribution in [0.1, 0.15) is 25.5 Å². The highest BCUT2D eigenvalue weighted by atomic mass is 32.2. The number of nitrogens with one attached hydrogen (secondary N) is 1. The average Bonchev–Trinajstić information content (AvgIpc) is 2.69. The zero-order valence-electron chi connectivity index (χ0n) is 10.7. The van der Waals surface area contributed by atoms with E-state index in [1.54, 1.807) is 19.1 Å². The summed E-state index contributed by atoms with van der Waals surface area (Å²) >= 11 is 1.23. The number of rotatable bonds is 4. The molecule has 3 N–H and O–H groups in total. The van der Waals surface area contributed by atoms with Crippen molar-refractivity contribution in [3.05, 3.63) is 40.1 Å². The summed E-state index contributed by atoms with van der Waals surface area (Å²) in [4.78, 5) is 12.1. The van der Waals surface area contributed by atoms with Crippen LogP contribution in [0.15, 0.2) is 33.0 Å². The van der Waals surface area contributed by atoms with Crippen LogP contribution >= 0.6 is 11.8 Å². The molecule has 5 nitrogen and oxygen atoms in total. The molecule has 1 atom stereocenters. The third-order valence-corrected chi connectivity index (χ3v) is 3.78. The molecule has 1 heterocycles. The highest BCUT2D eigenvalue weighted by Crippen LogP contribution is 2.32. The van der Waals surface area contributed by atoms with E-state index in [2.05, 4.69) is 10.2 Å². The molecular weight excluding hydrogens is 267 g/mol. The first-order chi connectivity index (χ1) is 9.04. The van der Waals surface area contributed by atoms with Crippen molar-refractivity contribution in [3.63, 3.8) is 0 Å². The zero-order chi connectivity index (χ0) is 14.0. The van der Waals surface area contributed by atoms with E-state index < -0.39 is 6.04 Å². The lowest BCUT2D eigenvalue weighted by Crippen LogP contribution is -2.16. The van der Waals surface area contributed by atoms with Crippen LogP contribution in [0.4, 0.5) is 4.39 Å². The van der Waals surface area contributed by atoms with E-state index >= 15 is 0 Å². The number of H-pyrrole nitrogens is 1. The third-order valence-electron chi connectivity index (χ3n) is 2.71. The van der Waals surface area contributed by atoms with Crippen molar-refractivity contribution in [1.82, 2.24) is 14.8 Å². The number of aromatic amines is 1. The minimum absolute atomic E-state index is 0.274. The van der Waals surface area contributed by atoms with Crippen molar-refractivity contribution in [1.29, 1.82) is 0 Å². The van der Waals surface area contributed by atoms with Gasteiger partial charge in [0.25, 0.3) is 0 Å². The monoisotopic (exact) mass is 282 g/mol. The quantitative estimate of drug-likeness (QED) is 0.898. The van der Waals surface area contributed by atoms with Crippen molar-refractivity contribution < 1.29 is 4.39 Å². The maximum absolute atomic E-state index is 13.8. The van der Waals surface area contributed by atoms with Crippen LogP contribution in [0.25, 0.3) is 0 Å². The Morgan fingerprint density at radius 3 is 2.95 bits per heavy atom. The number of nitrogens with zero attached hydrogens (tertiary/aromatic N) is 2. The van der Waals surface area contributed by atoms with E-state index in [0.29, 0.717) is 22.2 Å². The molecule has 0 aliphatic carbocycles. The van der Waals surface area contributed by atoms with Gasteiger partial charge in [0.05, 0.1) is 0 Å². The Kier molecular flexibility index (Phi) is 4.06. The molecule has 0 radical (unpaired) electrons. The fraction of sp³-hybridized carbons (Fsp3) is 0.333. The molecule has 2 aromatic rings. The molecular formula is C12H15FN4OS. The zero-order valence-corrected chi connectivity index (χ0v) is 11.5. The summed E-state index contributed by atoms with van der Waals surface area (Å²) in [6, 6.07) is 4.33. The van der Waals surface area contributed by atoms with E-state index in [0.717, 1.165) is 0 Å². The van der Waals surface area contributed by atoms with Gasteiger partial charge in [0.15, 0.2) is 5.16 Å². The van der Waals surface area contributed by atoms with Crippen LogP contribution in [0.5, 0.6) is 0 Å². The Balaban J connectivity index is 2.44. The number of halogens is 1. The highest BCUT2D eigenvalue weighted by molar-refractivity contribution is 7.99. The van der Waals surface area contributed by atoms with Gasteiger partial charge in [0.2, 0.25) is 0 Å². The molecule has 102 valence electrons. The summed E-state index contributed by atoms with van der Waals surface area (Å²) in [7, 11) is 0. The number of hydrogen-bond donors (Lipinski definition) is 2. The van der Waals surface area contributed by atoms with Gasteiger partial charge in [-0.2, -0.15) is 0 Å². The van der Waals surface area contributed by atoms with Crippen LogP contribution in [-0.4, -0.2) is 14.8 Å². The van der Waals surface area contributed by atoms with E-state index in [9.17, 15) is 9.18 Å². The second-order valence-corrected chi connectivity index (χ2v) is 5.11. The second-order valence-electron chi connectivity index (χ2n) is 4.10. The first-order valence-corrected chi connectivity index (χ1v) is 6.73. The predicted octanol–water partition coefficient (Wildman–Crippen LogP) is 1.90. The van der Waals surface area contributed by atoms with Gasteiger partial charge in [-0.15, -0.1) is 5.10 Å². The molecule has 0 aliphatic rings. The topological polar surface area (TPSA) is 76.7 Å². The molecule has 0 amide bonds. The molecule has 0 bridgehead atoms. The summed E-state index contributed by atoms with van der Waals surface area (Å²) in [5.41, 5.74) is 5.96. The van der Waals surface area contributed by atoms with Gasteiger partial charge in [0.1, 0.15) is 5.82 Å². The number of benzene rings is 1. The van der Waals surface area contributed by atoms with E-state index in [4.69, 9.17) is 5.73 Å². The molecule has 0 saturated heterocycles. The minimum Gasteiger partial charge on any atom is -0.324 e. The summed E-state index contributed by atoms with van der Waals surface area (Å²) in [5, 5.41) is 6.82. The fourth-order valence-corrected chi connectivity index (χ4v) is 2.96. The van der Waals surface area contributed by atoms with Gasteiger partial charge in [0, 0.05) is 23.0 Å². The molecule has 0 aliphatic heterocycles. The van der Waals surface area contributed by atoms with Crippen LogP contribution in [-0.2, 0) is 6.54 Å². The lowest BCUT2D eigenvalue weighted by molar-refractivity contribution is 0.585. The van der Waals surface area contributed by atoms with Gasteiger partial charge < -0.3 is 5.73 Å². The maximum atomic E-state index is 13.8. The van der Waals surface area contributed by atoms with Crippen LogP contribution in [0, 0.1) is 5.82 Å². The normalized spacial score (nSPS) is 12.6. The van der Waals surface area contributed by atoms with Crippen LogP contribution in [0.2, 0.25) is 0 Å². The highest BCUT2D eigenvalue weighted by Gasteiger charge is 2.16. The lowest BCUT2D eigenvalue weighted by Gasteiger charge is -2.12. The number of aromatic nitrogens is 3. The van der Waals surface area contributed by atoms with E-state index in [1.807, 2.05) is 6.92 Å². The predicted molar refractivity (Wildman–Crippen MR) is 71.6 cm³/mol. The minimum atomic E-state index is -0.426. The Labute approximate surface area is 114 Å². The van der Waals surface area contributed by atoms with E-state index in [-0.39, 0.29) is 11.5 Å². The number of hydrogen-bond acceptors (Lipinski definition) is 4. The van der Waals surface area contributed by atoms with Crippen molar-refractivity contribution in [3.8, 4) is 0 Å². The van der Waals surface area contributed by atoms with Crippen molar-refractivity contribution >= 4 is 11.8 Å². The first-order valence-electron chi connectivity index (χ1n) is 5.91. The van der Waals surface area contributed by atoms with Crippen LogP contribution < -0.4 is 11.4 Å². The van der Waals surface area contributed by atoms with Crippen molar-refractivity contribution in [2.75, 3.05) is 0 Å². The molecule has 19 heavy (non-hydrogen) atoms. The SMILES string of the molecule is CCn1c(Sc2cccc(F)c2C(C)N)n[nH]c1=O. The number of nitrogens with two attached hydrogens (primary N) is 1. The average molecular weight is 282 g/mol. The summed E-state index contributed by atoms with van der Waals surface area (Å²) in [6.07, 6.45) is 0. The largest absolute Gasteiger partial charge is 0.343 e. The second kappa shape index (κ2) is 5.58. The molecule has 1 aromatic heterocycles. The summed E-state index contributed by atoms with van der Waals surface area (Å²) < 4.78 is 15.3.